The average Bonchev–Trinajstić information content (AvgIpc) is 2.85. The molecule has 0 fully saturated rings. The molecule has 4 aromatic carbocycles. The van der Waals surface area contributed by atoms with Gasteiger partial charge in [0.25, 0.3) is 0 Å². The Kier molecular flexibility index (Phi) is 7.43. The van der Waals surface area contributed by atoms with E-state index < -0.39 is 0 Å². The Balaban J connectivity index is 0.000000189. The standard InChI is InChI=1S/C16H16N2.C13H8N2/c1-13(2)18(15-6-4-3-5-7-15)16-10-8-14(12-17)9-11-16;1-9-5-6-11-10(7-14)3-2-4-12(11)13(9)8-15/h3-11,13H,1-2H3;2-6H,1H3. The van der Waals surface area contributed by atoms with E-state index in [2.05, 4.69) is 49.1 Å². The van der Waals surface area contributed by atoms with Crippen molar-refractivity contribution in [2.24, 2.45) is 0 Å². The van der Waals surface area contributed by atoms with Gasteiger partial charge < -0.3 is 4.90 Å². The Morgan fingerprint density at radius 3 is 1.88 bits per heavy atom. The summed E-state index contributed by atoms with van der Waals surface area (Å²) >= 11 is 0. The highest BCUT2D eigenvalue weighted by molar-refractivity contribution is 5.93. The van der Waals surface area contributed by atoms with Crippen LogP contribution in [0.4, 0.5) is 11.4 Å². The molecule has 0 bridgehead atoms. The summed E-state index contributed by atoms with van der Waals surface area (Å²) in [5.41, 5.74) is 5.18. The van der Waals surface area contributed by atoms with Crippen LogP contribution in [-0.2, 0) is 0 Å². The number of nitrogens with zero attached hydrogens (tertiary/aromatic N) is 4. The van der Waals surface area contributed by atoms with Crippen molar-refractivity contribution in [3.8, 4) is 18.2 Å². The van der Waals surface area contributed by atoms with Gasteiger partial charge in [0, 0.05) is 28.2 Å². The Hall–Kier alpha value is -4.59. The predicted octanol–water partition coefficient (Wildman–Crippen LogP) is 7.00. The molecular formula is C29H24N4. The zero-order valence-corrected chi connectivity index (χ0v) is 18.9. The maximum Gasteiger partial charge on any atom is 0.100 e. The number of hydrogen-bond acceptors (Lipinski definition) is 4. The zero-order valence-electron chi connectivity index (χ0n) is 18.9. The summed E-state index contributed by atoms with van der Waals surface area (Å²) in [6.45, 7) is 6.22. The van der Waals surface area contributed by atoms with Gasteiger partial charge in [0.15, 0.2) is 0 Å². The van der Waals surface area contributed by atoms with E-state index in [-0.39, 0.29) is 0 Å². The van der Waals surface area contributed by atoms with Crippen LogP contribution in [0.1, 0.15) is 36.1 Å². The largest absolute Gasteiger partial charge is 0.339 e. The summed E-state index contributed by atoms with van der Waals surface area (Å²) in [7, 11) is 0. The minimum Gasteiger partial charge on any atom is -0.339 e. The third kappa shape index (κ3) is 5.19. The van der Waals surface area contributed by atoms with Gasteiger partial charge in [-0.2, -0.15) is 15.8 Å². The lowest BCUT2D eigenvalue weighted by molar-refractivity contribution is 0.789. The first kappa shape index (κ1) is 23.1. The zero-order chi connectivity index (χ0) is 23.8. The lowest BCUT2D eigenvalue weighted by Gasteiger charge is -2.29. The van der Waals surface area contributed by atoms with Gasteiger partial charge in [-0.1, -0.05) is 42.5 Å². The first-order valence-electron chi connectivity index (χ1n) is 10.7. The first-order chi connectivity index (χ1) is 16.0. The normalized spacial score (nSPS) is 9.85. The van der Waals surface area contributed by atoms with E-state index in [1.54, 1.807) is 12.1 Å². The van der Waals surface area contributed by atoms with Gasteiger partial charge >= 0.3 is 0 Å². The van der Waals surface area contributed by atoms with Crippen LogP contribution in [0.25, 0.3) is 10.8 Å². The minimum absolute atomic E-state index is 0.361. The Morgan fingerprint density at radius 2 is 1.30 bits per heavy atom. The molecule has 0 aliphatic rings. The third-order valence-corrected chi connectivity index (χ3v) is 5.33. The minimum atomic E-state index is 0.361. The van der Waals surface area contributed by atoms with Crippen LogP contribution in [0.3, 0.4) is 0 Å². The lowest BCUT2D eigenvalue weighted by atomic mass is 9.98. The van der Waals surface area contributed by atoms with E-state index in [9.17, 15) is 0 Å². The molecule has 33 heavy (non-hydrogen) atoms. The van der Waals surface area contributed by atoms with Crippen LogP contribution < -0.4 is 4.90 Å². The number of fused-ring (bicyclic) bond motifs is 1. The van der Waals surface area contributed by atoms with Crippen LogP contribution in [0.15, 0.2) is 84.9 Å². The number of hydrogen-bond donors (Lipinski definition) is 0. The molecule has 0 saturated heterocycles. The number of aryl methyl sites for hydroxylation is 1. The highest BCUT2D eigenvalue weighted by Gasteiger charge is 2.12. The van der Waals surface area contributed by atoms with Crippen LogP contribution in [0.2, 0.25) is 0 Å². The molecule has 0 aromatic heterocycles. The van der Waals surface area contributed by atoms with Gasteiger partial charge in [0.05, 0.1) is 28.8 Å². The van der Waals surface area contributed by atoms with Crippen molar-refractivity contribution in [3.05, 3.63) is 107 Å². The molecule has 4 nitrogen and oxygen atoms in total. The summed E-state index contributed by atoms with van der Waals surface area (Å²) in [6, 6.07) is 34.0. The molecule has 0 atom stereocenters. The van der Waals surface area contributed by atoms with E-state index in [0.717, 1.165) is 27.7 Å². The van der Waals surface area contributed by atoms with E-state index in [1.165, 1.54) is 0 Å². The second-order valence-corrected chi connectivity index (χ2v) is 7.84. The number of nitriles is 3. The molecule has 4 heteroatoms. The van der Waals surface area contributed by atoms with E-state index >= 15 is 0 Å². The van der Waals surface area contributed by atoms with Gasteiger partial charge in [-0.05, 0) is 68.8 Å². The van der Waals surface area contributed by atoms with Crippen LogP contribution in [0, 0.1) is 40.9 Å². The fourth-order valence-corrected chi connectivity index (χ4v) is 3.74. The second-order valence-electron chi connectivity index (χ2n) is 7.84. The summed E-state index contributed by atoms with van der Waals surface area (Å²) < 4.78 is 0. The molecule has 0 saturated carbocycles. The molecule has 0 N–H and O–H groups in total. The predicted molar refractivity (Wildman–Crippen MR) is 133 cm³/mol. The molecule has 0 unspecified atom stereocenters. The maximum absolute atomic E-state index is 9.05. The number of para-hydroxylation sites is 1. The van der Waals surface area contributed by atoms with Crippen LogP contribution in [0.5, 0.6) is 0 Å². The number of rotatable bonds is 3. The quantitative estimate of drug-likeness (QED) is 0.352. The SMILES string of the molecule is CC(C)N(c1ccccc1)c1ccc(C#N)cc1.Cc1ccc2c(C#N)cccc2c1C#N. The Morgan fingerprint density at radius 1 is 0.636 bits per heavy atom. The fourth-order valence-electron chi connectivity index (χ4n) is 3.74. The summed E-state index contributed by atoms with van der Waals surface area (Å²) in [5.74, 6) is 0. The van der Waals surface area contributed by atoms with Crippen molar-refractivity contribution in [3.63, 3.8) is 0 Å². The number of benzene rings is 4. The topological polar surface area (TPSA) is 74.6 Å². The van der Waals surface area contributed by atoms with Gasteiger partial charge in [-0.15, -0.1) is 0 Å². The van der Waals surface area contributed by atoms with E-state index in [4.69, 9.17) is 15.8 Å². The van der Waals surface area contributed by atoms with Gasteiger partial charge in [0.2, 0.25) is 0 Å². The molecule has 160 valence electrons. The highest BCUT2D eigenvalue weighted by Crippen LogP contribution is 2.28. The molecule has 4 rings (SSSR count). The monoisotopic (exact) mass is 428 g/mol. The molecule has 4 aromatic rings. The smallest absolute Gasteiger partial charge is 0.100 e. The molecule has 0 radical (unpaired) electrons. The molecule has 0 amide bonds. The molecular weight excluding hydrogens is 404 g/mol. The summed E-state index contributed by atoms with van der Waals surface area (Å²) in [4.78, 5) is 2.25. The van der Waals surface area contributed by atoms with Crippen LogP contribution in [-0.4, -0.2) is 6.04 Å². The van der Waals surface area contributed by atoms with E-state index in [0.29, 0.717) is 22.7 Å². The van der Waals surface area contributed by atoms with Crippen molar-refractivity contribution < 1.29 is 0 Å². The third-order valence-electron chi connectivity index (χ3n) is 5.33. The molecule has 0 aliphatic heterocycles. The summed E-state index contributed by atoms with van der Waals surface area (Å²) in [6.07, 6.45) is 0. The van der Waals surface area contributed by atoms with Gasteiger partial charge in [0.1, 0.15) is 6.07 Å². The highest BCUT2D eigenvalue weighted by atomic mass is 15.2. The van der Waals surface area contributed by atoms with Gasteiger partial charge in [-0.3, -0.25) is 0 Å². The molecule has 0 aliphatic carbocycles. The number of anilines is 2. The lowest BCUT2D eigenvalue weighted by Crippen LogP contribution is -2.25. The van der Waals surface area contributed by atoms with Crippen molar-refractivity contribution >= 4 is 22.1 Å². The van der Waals surface area contributed by atoms with Crippen molar-refractivity contribution in [1.82, 2.24) is 0 Å². The Labute approximate surface area is 195 Å². The second kappa shape index (κ2) is 10.6. The van der Waals surface area contributed by atoms with Gasteiger partial charge in [-0.25, -0.2) is 0 Å². The molecule has 0 spiro atoms. The Bertz CT molecular complexity index is 1370. The van der Waals surface area contributed by atoms with Crippen molar-refractivity contribution in [1.29, 1.82) is 15.8 Å². The van der Waals surface area contributed by atoms with Crippen molar-refractivity contribution in [2.75, 3.05) is 4.90 Å². The van der Waals surface area contributed by atoms with Crippen molar-refractivity contribution in [2.45, 2.75) is 26.8 Å². The fraction of sp³-hybridized carbons (Fsp3) is 0.138. The summed E-state index contributed by atoms with van der Waals surface area (Å²) in [5, 5.41) is 28.5. The first-order valence-corrected chi connectivity index (χ1v) is 10.7. The van der Waals surface area contributed by atoms with E-state index in [1.807, 2.05) is 67.6 Å². The van der Waals surface area contributed by atoms with Crippen LogP contribution >= 0.6 is 0 Å². The average molecular weight is 429 g/mol. The molecule has 0 heterocycles. The maximum atomic E-state index is 9.05.